The molecular weight excluding hydrogens is 340 g/mol. The third-order valence-corrected chi connectivity index (χ3v) is 5.86. The molecule has 0 unspecified atom stereocenters. The van der Waals surface area contributed by atoms with E-state index in [2.05, 4.69) is 5.32 Å². The van der Waals surface area contributed by atoms with Crippen LogP contribution in [-0.2, 0) is 21.2 Å². The molecule has 1 aliphatic rings. The van der Waals surface area contributed by atoms with Gasteiger partial charge < -0.3 is 10.4 Å². The van der Waals surface area contributed by atoms with E-state index in [-0.39, 0.29) is 23.8 Å². The second-order valence-electron chi connectivity index (χ2n) is 5.85. The Morgan fingerprint density at radius 2 is 2.17 bits per heavy atom. The third-order valence-electron chi connectivity index (χ3n) is 3.93. The van der Waals surface area contributed by atoms with Crippen LogP contribution in [0.25, 0.3) is 0 Å². The summed E-state index contributed by atoms with van der Waals surface area (Å²) in [6, 6.07) is 6.80. The highest BCUT2D eigenvalue weighted by Crippen LogP contribution is 2.17. The zero-order valence-corrected chi connectivity index (χ0v) is 14.5. The monoisotopic (exact) mass is 360 g/mol. The van der Waals surface area contributed by atoms with E-state index < -0.39 is 22.0 Å². The van der Waals surface area contributed by atoms with Crippen molar-refractivity contribution in [2.75, 3.05) is 25.1 Å². The molecule has 23 heavy (non-hydrogen) atoms. The fourth-order valence-electron chi connectivity index (χ4n) is 2.61. The quantitative estimate of drug-likeness (QED) is 0.768. The molecule has 0 spiro atoms. The van der Waals surface area contributed by atoms with Crippen molar-refractivity contribution in [1.29, 1.82) is 0 Å². The summed E-state index contributed by atoms with van der Waals surface area (Å²) in [5.41, 5.74) is 0.913. The topological polar surface area (TPSA) is 86.7 Å². The molecule has 6 nitrogen and oxygen atoms in total. The Kier molecular flexibility index (Phi) is 6.02. The zero-order valence-electron chi connectivity index (χ0n) is 12.9. The molecule has 1 saturated heterocycles. The number of amides is 1. The highest BCUT2D eigenvalue weighted by atomic mass is 35.5. The number of carbonyl (C=O) groups excluding carboxylic acids is 1. The number of benzene rings is 1. The van der Waals surface area contributed by atoms with E-state index in [0.717, 1.165) is 5.56 Å². The van der Waals surface area contributed by atoms with Crippen molar-refractivity contribution in [3.05, 3.63) is 34.9 Å². The van der Waals surface area contributed by atoms with Gasteiger partial charge in [-0.05, 0) is 24.7 Å². The Morgan fingerprint density at radius 3 is 2.78 bits per heavy atom. The van der Waals surface area contributed by atoms with Gasteiger partial charge in [0.15, 0.2) is 9.84 Å². The minimum absolute atomic E-state index is 0.0607. The van der Waals surface area contributed by atoms with E-state index in [1.807, 2.05) is 12.1 Å². The summed E-state index contributed by atoms with van der Waals surface area (Å²) < 4.78 is 23.0. The Morgan fingerprint density at radius 1 is 1.43 bits per heavy atom. The predicted octanol–water partition coefficient (Wildman–Crippen LogP) is 0.436. The first-order valence-electron chi connectivity index (χ1n) is 7.37. The van der Waals surface area contributed by atoms with Crippen LogP contribution in [0.3, 0.4) is 0 Å². The van der Waals surface area contributed by atoms with Gasteiger partial charge in [0, 0.05) is 24.5 Å². The summed E-state index contributed by atoms with van der Waals surface area (Å²) in [5, 5.41) is 13.2. The number of carbonyl (C=O) groups is 1. The molecule has 0 bridgehead atoms. The average molecular weight is 361 g/mol. The van der Waals surface area contributed by atoms with Gasteiger partial charge in [0.1, 0.15) is 0 Å². The van der Waals surface area contributed by atoms with Gasteiger partial charge in [-0.1, -0.05) is 23.7 Å². The highest BCUT2D eigenvalue weighted by molar-refractivity contribution is 7.91. The minimum Gasteiger partial charge on any atom is -0.390 e. The second-order valence-corrected chi connectivity index (χ2v) is 8.44. The first-order valence-corrected chi connectivity index (χ1v) is 9.56. The van der Waals surface area contributed by atoms with Crippen molar-refractivity contribution in [3.8, 4) is 0 Å². The second kappa shape index (κ2) is 7.61. The number of nitrogens with one attached hydrogen (secondary N) is 1. The molecule has 8 heteroatoms. The third kappa shape index (κ3) is 5.46. The van der Waals surface area contributed by atoms with Crippen molar-refractivity contribution < 1.29 is 18.3 Å². The van der Waals surface area contributed by atoms with Crippen LogP contribution in [0, 0.1) is 0 Å². The Balaban J connectivity index is 1.76. The number of rotatable bonds is 6. The molecular formula is C15H21ClN2O4S. The van der Waals surface area contributed by atoms with Gasteiger partial charge in [0.2, 0.25) is 5.91 Å². The molecule has 0 aromatic heterocycles. The maximum atomic E-state index is 11.9. The van der Waals surface area contributed by atoms with Crippen LogP contribution >= 0.6 is 11.6 Å². The lowest BCUT2D eigenvalue weighted by molar-refractivity contribution is -0.121. The van der Waals surface area contributed by atoms with Gasteiger partial charge in [-0.3, -0.25) is 9.69 Å². The number of hydrogen-bond donors (Lipinski definition) is 2. The van der Waals surface area contributed by atoms with Gasteiger partial charge >= 0.3 is 0 Å². The van der Waals surface area contributed by atoms with Gasteiger partial charge in [-0.2, -0.15) is 0 Å². The molecule has 1 heterocycles. The predicted molar refractivity (Wildman–Crippen MR) is 89.0 cm³/mol. The van der Waals surface area contributed by atoms with Crippen LogP contribution in [-0.4, -0.2) is 61.6 Å². The van der Waals surface area contributed by atoms with Crippen LogP contribution in [0.15, 0.2) is 24.3 Å². The molecule has 0 saturated carbocycles. The lowest BCUT2D eigenvalue weighted by atomic mass is 10.2. The Hall–Kier alpha value is -1.15. The SMILES string of the molecule is CN(CCC(=O)NCc1cccc(Cl)c1)[C@@H]1CS(=O)(=O)C[C@H]1O. The largest absolute Gasteiger partial charge is 0.390 e. The maximum Gasteiger partial charge on any atom is 0.221 e. The summed E-state index contributed by atoms with van der Waals surface area (Å²) in [6.45, 7) is 0.780. The first kappa shape index (κ1) is 18.2. The van der Waals surface area contributed by atoms with Crippen LogP contribution in [0.1, 0.15) is 12.0 Å². The van der Waals surface area contributed by atoms with Crippen molar-refractivity contribution in [2.45, 2.75) is 25.1 Å². The normalized spacial score (nSPS) is 23.1. The zero-order chi connectivity index (χ0) is 17.0. The van der Waals surface area contributed by atoms with E-state index in [0.29, 0.717) is 18.1 Å². The minimum atomic E-state index is -3.18. The number of aliphatic hydroxyl groups is 1. The molecule has 128 valence electrons. The smallest absolute Gasteiger partial charge is 0.221 e. The summed E-state index contributed by atoms with van der Waals surface area (Å²) >= 11 is 5.88. The molecule has 0 aliphatic carbocycles. The van der Waals surface area contributed by atoms with E-state index in [1.165, 1.54) is 0 Å². The molecule has 1 amide bonds. The molecule has 2 rings (SSSR count). The van der Waals surface area contributed by atoms with Crippen LogP contribution < -0.4 is 5.32 Å². The average Bonchev–Trinajstić information content (AvgIpc) is 2.76. The highest BCUT2D eigenvalue weighted by Gasteiger charge is 2.38. The van der Waals surface area contributed by atoms with Crippen LogP contribution in [0.5, 0.6) is 0 Å². The van der Waals surface area contributed by atoms with Crippen molar-refractivity contribution in [3.63, 3.8) is 0 Å². The summed E-state index contributed by atoms with van der Waals surface area (Å²) in [7, 11) is -1.46. The van der Waals surface area contributed by atoms with E-state index >= 15 is 0 Å². The van der Waals surface area contributed by atoms with E-state index in [9.17, 15) is 18.3 Å². The van der Waals surface area contributed by atoms with Crippen molar-refractivity contribution in [1.82, 2.24) is 10.2 Å². The van der Waals surface area contributed by atoms with Gasteiger partial charge in [-0.25, -0.2) is 8.42 Å². The lowest BCUT2D eigenvalue weighted by Gasteiger charge is -2.25. The molecule has 1 aliphatic heterocycles. The molecule has 2 N–H and O–H groups in total. The molecule has 0 radical (unpaired) electrons. The van der Waals surface area contributed by atoms with E-state index in [1.54, 1.807) is 24.1 Å². The fourth-order valence-corrected chi connectivity index (χ4v) is 4.70. The number of hydrogen-bond acceptors (Lipinski definition) is 5. The first-order chi connectivity index (χ1) is 10.8. The van der Waals surface area contributed by atoms with Crippen LogP contribution in [0.2, 0.25) is 5.02 Å². The van der Waals surface area contributed by atoms with Crippen molar-refractivity contribution in [2.24, 2.45) is 0 Å². The number of likely N-dealkylation sites (N-methyl/N-ethyl adjacent to an activating group) is 1. The van der Waals surface area contributed by atoms with Gasteiger partial charge in [-0.15, -0.1) is 0 Å². The molecule has 1 aromatic rings. The summed E-state index contributed by atoms with van der Waals surface area (Å²) in [5.74, 6) is -0.398. The standard InChI is InChI=1S/C15H21ClN2O4S/c1-18(13-9-23(21,22)10-14(13)19)6-5-15(20)17-8-11-3-2-4-12(16)7-11/h2-4,7,13-14,19H,5-6,8-10H2,1H3,(H,17,20)/t13-,14-/m1/s1. The van der Waals surface area contributed by atoms with Crippen molar-refractivity contribution >= 4 is 27.3 Å². The Labute approximate surface area is 141 Å². The summed E-state index contributed by atoms with van der Waals surface area (Å²) in [4.78, 5) is 13.6. The van der Waals surface area contributed by atoms with Crippen LogP contribution in [0.4, 0.5) is 0 Å². The summed E-state index contributed by atoms with van der Waals surface area (Å²) in [6.07, 6.45) is -0.653. The Bertz CT molecular complexity index is 665. The molecule has 2 atom stereocenters. The molecule has 1 fully saturated rings. The number of sulfone groups is 1. The molecule has 1 aromatic carbocycles. The maximum absolute atomic E-state index is 11.9. The van der Waals surface area contributed by atoms with Gasteiger partial charge in [0.05, 0.1) is 23.7 Å². The fraction of sp³-hybridized carbons (Fsp3) is 0.533. The lowest BCUT2D eigenvalue weighted by Crippen LogP contribution is -2.42. The number of halogens is 1. The number of aliphatic hydroxyl groups excluding tert-OH is 1. The number of nitrogens with zero attached hydrogens (tertiary/aromatic N) is 1. The van der Waals surface area contributed by atoms with Gasteiger partial charge in [0.25, 0.3) is 0 Å². The van der Waals surface area contributed by atoms with E-state index in [4.69, 9.17) is 11.6 Å².